The number of nitrogens with two attached hydrogens (primary N) is 1. The molecule has 0 saturated carbocycles. The molecular formula is C23H15ClN6O4S. The molecule has 4 aromatic rings. The Morgan fingerprint density at radius 2 is 1.69 bits per heavy atom. The molecule has 35 heavy (non-hydrogen) atoms. The Bertz CT molecular complexity index is 1690. The van der Waals surface area contributed by atoms with E-state index in [9.17, 15) is 23.7 Å². The van der Waals surface area contributed by atoms with Crippen molar-refractivity contribution in [2.24, 2.45) is 0 Å². The number of aryl methyl sites for hydroxylation is 1. The molecule has 2 heterocycles. The van der Waals surface area contributed by atoms with E-state index in [-0.39, 0.29) is 38.9 Å². The maximum Gasteiger partial charge on any atom is 0.275 e. The van der Waals surface area contributed by atoms with Crippen LogP contribution in [0.1, 0.15) is 16.9 Å². The number of rotatable bonds is 5. The maximum atomic E-state index is 13.3. The van der Waals surface area contributed by atoms with Gasteiger partial charge in [-0.1, -0.05) is 28.9 Å². The van der Waals surface area contributed by atoms with Gasteiger partial charge in [0.1, 0.15) is 34.8 Å². The summed E-state index contributed by atoms with van der Waals surface area (Å²) in [5.74, 6) is 0.243. The van der Waals surface area contributed by atoms with Crippen LogP contribution in [0.5, 0.6) is 0 Å². The number of benzene rings is 2. The number of nitriles is 2. The van der Waals surface area contributed by atoms with Gasteiger partial charge in [0.05, 0.1) is 10.6 Å². The molecule has 0 saturated heterocycles. The first-order valence-corrected chi connectivity index (χ1v) is 11.7. The first kappa shape index (κ1) is 23.6. The number of hydrogen-bond acceptors (Lipinski definition) is 8. The van der Waals surface area contributed by atoms with Crippen molar-refractivity contribution in [2.75, 3.05) is 10.5 Å². The topological polar surface area (TPSA) is 168 Å². The van der Waals surface area contributed by atoms with Crippen LogP contribution in [-0.4, -0.2) is 18.1 Å². The van der Waals surface area contributed by atoms with E-state index in [1.54, 1.807) is 31.2 Å². The van der Waals surface area contributed by atoms with Crippen molar-refractivity contribution in [3.05, 3.63) is 86.9 Å². The number of aromatic nitrogens is 2. The normalized spacial score (nSPS) is 11.0. The van der Waals surface area contributed by atoms with E-state index in [1.807, 2.05) is 12.1 Å². The number of pyridine rings is 1. The van der Waals surface area contributed by atoms with Gasteiger partial charge >= 0.3 is 0 Å². The second-order valence-electron chi connectivity index (χ2n) is 7.30. The quantitative estimate of drug-likeness (QED) is 0.414. The molecule has 3 N–H and O–H groups in total. The summed E-state index contributed by atoms with van der Waals surface area (Å²) in [6.45, 7) is 1.62. The van der Waals surface area contributed by atoms with Crippen LogP contribution in [0.25, 0.3) is 16.8 Å². The number of anilines is 2. The predicted molar refractivity (Wildman–Crippen MR) is 128 cm³/mol. The van der Waals surface area contributed by atoms with Crippen molar-refractivity contribution in [2.45, 2.75) is 11.8 Å². The zero-order valence-corrected chi connectivity index (χ0v) is 19.6. The molecule has 0 radical (unpaired) electrons. The largest absolute Gasteiger partial charge is 0.384 e. The molecule has 0 aliphatic rings. The van der Waals surface area contributed by atoms with E-state index in [2.05, 4.69) is 9.88 Å². The molecule has 2 aromatic heterocycles. The van der Waals surface area contributed by atoms with Crippen LogP contribution in [0.3, 0.4) is 0 Å². The lowest BCUT2D eigenvalue weighted by atomic mass is 9.96. The van der Waals surface area contributed by atoms with E-state index in [0.29, 0.717) is 16.3 Å². The van der Waals surface area contributed by atoms with Crippen LogP contribution in [0.2, 0.25) is 5.02 Å². The fraction of sp³-hybridized carbons (Fsp3) is 0.0435. The van der Waals surface area contributed by atoms with Crippen LogP contribution in [-0.2, 0) is 10.0 Å². The molecule has 10 nitrogen and oxygen atoms in total. The van der Waals surface area contributed by atoms with Gasteiger partial charge in [0.15, 0.2) is 5.82 Å². The highest BCUT2D eigenvalue weighted by Gasteiger charge is 2.23. The Morgan fingerprint density at radius 3 is 2.23 bits per heavy atom. The second kappa shape index (κ2) is 8.99. The van der Waals surface area contributed by atoms with Crippen LogP contribution in [0.15, 0.2) is 68.8 Å². The Balaban J connectivity index is 1.82. The van der Waals surface area contributed by atoms with Crippen LogP contribution >= 0.6 is 11.6 Å². The second-order valence-corrected chi connectivity index (χ2v) is 9.42. The molecule has 4 rings (SSSR count). The molecule has 0 atom stereocenters. The number of nitrogens with one attached hydrogen (secondary N) is 1. The number of nitrogen functional groups attached to an aromatic ring is 1. The average molecular weight is 507 g/mol. The third kappa shape index (κ3) is 4.34. The summed E-state index contributed by atoms with van der Waals surface area (Å²) in [6.07, 6.45) is 0. The molecule has 0 amide bonds. The minimum absolute atomic E-state index is 0.0159. The van der Waals surface area contributed by atoms with E-state index >= 15 is 0 Å². The lowest BCUT2D eigenvalue weighted by Crippen LogP contribution is -2.26. The lowest BCUT2D eigenvalue weighted by molar-refractivity contribution is 0.400. The van der Waals surface area contributed by atoms with Crippen molar-refractivity contribution in [1.29, 1.82) is 10.5 Å². The van der Waals surface area contributed by atoms with Crippen molar-refractivity contribution in [3.8, 4) is 29.0 Å². The lowest BCUT2D eigenvalue weighted by Gasteiger charge is -2.16. The van der Waals surface area contributed by atoms with Crippen molar-refractivity contribution in [1.82, 2.24) is 9.72 Å². The first-order valence-electron chi connectivity index (χ1n) is 9.87. The molecule has 0 unspecified atom stereocenters. The summed E-state index contributed by atoms with van der Waals surface area (Å²) < 4.78 is 33.4. The third-order valence-electron chi connectivity index (χ3n) is 5.04. The maximum absolute atomic E-state index is 13.3. The minimum Gasteiger partial charge on any atom is -0.384 e. The van der Waals surface area contributed by atoms with Gasteiger partial charge in [0.25, 0.3) is 15.6 Å². The molecule has 0 aliphatic carbocycles. The minimum atomic E-state index is -4.00. The zero-order valence-electron chi connectivity index (χ0n) is 18.0. The van der Waals surface area contributed by atoms with Gasteiger partial charge in [-0.05, 0) is 48.9 Å². The summed E-state index contributed by atoms with van der Waals surface area (Å²) in [6, 6.07) is 16.7. The molecule has 0 spiro atoms. The summed E-state index contributed by atoms with van der Waals surface area (Å²) in [5.41, 5.74) is 5.75. The van der Waals surface area contributed by atoms with Crippen LogP contribution in [0, 0.1) is 29.6 Å². The smallest absolute Gasteiger partial charge is 0.275 e. The summed E-state index contributed by atoms with van der Waals surface area (Å²) in [4.78, 5) is 13.1. The number of halogens is 1. The molecular weight excluding hydrogens is 492 g/mol. The van der Waals surface area contributed by atoms with Crippen LogP contribution in [0.4, 0.5) is 11.6 Å². The van der Waals surface area contributed by atoms with Gasteiger partial charge in [-0.2, -0.15) is 10.5 Å². The highest BCUT2D eigenvalue weighted by atomic mass is 35.5. The highest BCUT2D eigenvalue weighted by molar-refractivity contribution is 7.92. The van der Waals surface area contributed by atoms with E-state index in [4.69, 9.17) is 21.9 Å². The zero-order chi connectivity index (χ0) is 25.3. The van der Waals surface area contributed by atoms with Gasteiger partial charge < -0.3 is 10.3 Å². The molecule has 2 aromatic carbocycles. The molecule has 0 bridgehead atoms. The summed E-state index contributed by atoms with van der Waals surface area (Å²) >= 11 is 5.93. The van der Waals surface area contributed by atoms with E-state index in [0.717, 1.165) is 4.57 Å². The predicted octanol–water partition coefficient (Wildman–Crippen LogP) is 3.58. The standard InChI is InChI=1S/C23H15ClN6O4S/c1-13-10-20(28-34-13)29-35(32,33)17-8-6-16(7-9-17)30-22(27)18(11-25)21(19(12-26)23(30)31)14-2-4-15(24)5-3-14/h2-10H,27H2,1H3,(H,28,29). The molecule has 174 valence electrons. The summed E-state index contributed by atoms with van der Waals surface area (Å²) in [5, 5.41) is 23.6. The number of nitrogens with zero attached hydrogens (tertiary/aromatic N) is 4. The van der Waals surface area contributed by atoms with E-state index in [1.165, 1.54) is 30.3 Å². The van der Waals surface area contributed by atoms with Crippen molar-refractivity contribution in [3.63, 3.8) is 0 Å². The number of sulfonamides is 1. The fourth-order valence-corrected chi connectivity index (χ4v) is 4.57. The van der Waals surface area contributed by atoms with Gasteiger partial charge in [0, 0.05) is 16.7 Å². The van der Waals surface area contributed by atoms with Crippen molar-refractivity contribution < 1.29 is 12.9 Å². The van der Waals surface area contributed by atoms with Gasteiger partial charge in [-0.25, -0.2) is 8.42 Å². The van der Waals surface area contributed by atoms with Gasteiger partial charge in [-0.3, -0.25) is 14.1 Å². The van der Waals surface area contributed by atoms with E-state index < -0.39 is 15.6 Å². The summed E-state index contributed by atoms with van der Waals surface area (Å²) in [7, 11) is -4.00. The van der Waals surface area contributed by atoms with Crippen molar-refractivity contribution >= 4 is 33.3 Å². The Kier molecular flexibility index (Phi) is 6.05. The fourth-order valence-electron chi connectivity index (χ4n) is 3.46. The Morgan fingerprint density at radius 1 is 1.06 bits per heavy atom. The Labute approximate surface area is 204 Å². The molecule has 0 fully saturated rings. The SMILES string of the molecule is Cc1cc(NS(=O)(=O)c2ccc(-n3c(N)c(C#N)c(-c4ccc(Cl)cc4)c(C#N)c3=O)cc2)no1. The van der Waals surface area contributed by atoms with Gasteiger partial charge in [-0.15, -0.1) is 0 Å². The molecule has 12 heteroatoms. The Hall–Kier alpha value is -4.58. The first-order chi connectivity index (χ1) is 16.7. The number of hydrogen-bond donors (Lipinski definition) is 2. The molecule has 0 aliphatic heterocycles. The van der Waals surface area contributed by atoms with Crippen LogP contribution < -0.4 is 16.0 Å². The average Bonchev–Trinajstić information content (AvgIpc) is 3.23. The monoisotopic (exact) mass is 506 g/mol. The highest BCUT2D eigenvalue weighted by Crippen LogP contribution is 2.31. The third-order valence-corrected chi connectivity index (χ3v) is 6.67. The van der Waals surface area contributed by atoms with Gasteiger partial charge in [0.2, 0.25) is 0 Å².